The van der Waals surface area contributed by atoms with Crippen LogP contribution in [0.3, 0.4) is 0 Å². The molecule has 0 bridgehead atoms. The van der Waals surface area contributed by atoms with Crippen molar-refractivity contribution < 1.29 is 18.4 Å². The maximum Gasteiger partial charge on any atom is 0.193 e. The van der Waals surface area contributed by atoms with E-state index in [9.17, 15) is 5.11 Å². The zero-order chi connectivity index (χ0) is 41.3. The molecule has 54 heavy (non-hydrogen) atoms. The Morgan fingerprint density at radius 2 is 1.26 bits per heavy atom. The molecule has 3 rings (SSSR count). The highest BCUT2D eigenvalue weighted by Gasteiger charge is 2.51. The Morgan fingerprint density at radius 3 is 1.72 bits per heavy atom. The van der Waals surface area contributed by atoms with Crippen LogP contribution in [-0.4, -0.2) is 54.0 Å². The van der Waals surface area contributed by atoms with E-state index in [1.807, 2.05) is 0 Å². The van der Waals surface area contributed by atoms with Crippen molar-refractivity contribution in [1.29, 1.82) is 0 Å². The standard InChI is InChI=1S/C47H88O4Si3/c1-20-47(21-2,51-54(18,19)45(10,11)12)32-23-22-25-35(3)38-29-30-39-37(26-24-31-46(38,39)13)28-27-36-33-40(49-52(14,15)43(4,5)6)42(48)41(34-36)50-53(16,17)44(7,8)9/h22-23,25,27-28,32,35,38-42,48H,20-21,24,26,29-31,33-34H2,1-19H3/b25-22+,32-23+,36-27?,37-28+/t35-,38?,39?,40-,41-,42?,46?/m1/s1. The van der Waals surface area contributed by atoms with Gasteiger partial charge in [-0.2, -0.15) is 0 Å². The Kier molecular flexibility index (Phi) is 15.4. The molecule has 0 aliphatic heterocycles. The number of allylic oxidation sites excluding steroid dienone is 6. The monoisotopic (exact) mass is 801 g/mol. The van der Waals surface area contributed by atoms with Gasteiger partial charge in [-0.15, -0.1) is 0 Å². The highest BCUT2D eigenvalue weighted by atomic mass is 28.4. The molecular formula is C47H88O4Si3. The van der Waals surface area contributed by atoms with Crippen LogP contribution >= 0.6 is 0 Å². The lowest BCUT2D eigenvalue weighted by Gasteiger charge is -2.47. The Hall–Kier alpha value is -0.549. The maximum absolute atomic E-state index is 11.8. The van der Waals surface area contributed by atoms with E-state index in [0.29, 0.717) is 23.2 Å². The van der Waals surface area contributed by atoms with E-state index in [1.165, 1.54) is 37.7 Å². The number of aliphatic hydroxyl groups is 1. The molecule has 312 valence electrons. The van der Waals surface area contributed by atoms with Crippen molar-refractivity contribution in [1.82, 2.24) is 0 Å². The molecule has 4 nitrogen and oxygen atoms in total. The van der Waals surface area contributed by atoms with Crippen molar-refractivity contribution in [3.63, 3.8) is 0 Å². The van der Waals surface area contributed by atoms with Gasteiger partial charge >= 0.3 is 0 Å². The first-order chi connectivity index (χ1) is 24.5. The van der Waals surface area contributed by atoms with Crippen LogP contribution in [0.5, 0.6) is 0 Å². The van der Waals surface area contributed by atoms with E-state index in [2.05, 4.69) is 166 Å². The van der Waals surface area contributed by atoms with Gasteiger partial charge in [-0.3, -0.25) is 0 Å². The van der Waals surface area contributed by atoms with Gasteiger partial charge in [0.05, 0.1) is 17.8 Å². The molecule has 0 aromatic rings. The quantitative estimate of drug-likeness (QED) is 0.149. The van der Waals surface area contributed by atoms with Gasteiger partial charge in [-0.05, 0) is 135 Å². The van der Waals surface area contributed by atoms with Gasteiger partial charge in [0.1, 0.15) is 6.10 Å². The van der Waals surface area contributed by atoms with Crippen LogP contribution in [0.15, 0.2) is 47.6 Å². The second-order valence-corrected chi connectivity index (χ2v) is 36.9. The fourth-order valence-corrected chi connectivity index (χ4v) is 13.2. The molecule has 0 aromatic heterocycles. The van der Waals surface area contributed by atoms with Crippen molar-refractivity contribution in [3.05, 3.63) is 47.6 Å². The minimum Gasteiger partial charge on any atom is -0.411 e. The number of fused-ring (bicyclic) bond motifs is 1. The predicted molar refractivity (Wildman–Crippen MR) is 243 cm³/mol. The van der Waals surface area contributed by atoms with Gasteiger partial charge in [0, 0.05) is 0 Å². The van der Waals surface area contributed by atoms with Crippen LogP contribution in [0.1, 0.15) is 148 Å². The van der Waals surface area contributed by atoms with Crippen molar-refractivity contribution in [2.45, 2.75) is 226 Å². The highest BCUT2D eigenvalue weighted by molar-refractivity contribution is 6.75. The van der Waals surface area contributed by atoms with Gasteiger partial charge in [-0.1, -0.05) is 138 Å². The Bertz CT molecular complexity index is 1320. The minimum absolute atomic E-state index is 0.0781. The summed E-state index contributed by atoms with van der Waals surface area (Å²) in [6, 6.07) is 0. The summed E-state index contributed by atoms with van der Waals surface area (Å²) in [4.78, 5) is 0. The van der Waals surface area contributed by atoms with E-state index in [-0.39, 0.29) is 32.9 Å². The normalized spacial score (nSPS) is 29.7. The van der Waals surface area contributed by atoms with E-state index in [4.69, 9.17) is 13.3 Å². The van der Waals surface area contributed by atoms with E-state index in [0.717, 1.165) is 25.7 Å². The molecular weight excluding hydrogens is 713 g/mol. The summed E-state index contributed by atoms with van der Waals surface area (Å²) in [5, 5.41) is 12.2. The molecule has 0 aromatic carbocycles. The molecule has 3 saturated carbocycles. The van der Waals surface area contributed by atoms with Crippen molar-refractivity contribution >= 4 is 25.0 Å². The summed E-state index contributed by atoms with van der Waals surface area (Å²) >= 11 is 0. The predicted octanol–water partition coefficient (Wildman–Crippen LogP) is 14.3. The Balaban J connectivity index is 1.84. The van der Waals surface area contributed by atoms with Crippen LogP contribution in [0.25, 0.3) is 0 Å². The smallest absolute Gasteiger partial charge is 0.193 e. The van der Waals surface area contributed by atoms with Crippen LogP contribution in [-0.2, 0) is 13.3 Å². The Morgan fingerprint density at radius 1 is 0.759 bits per heavy atom. The molecule has 0 radical (unpaired) electrons. The van der Waals surface area contributed by atoms with Gasteiger partial charge in [-0.25, -0.2) is 0 Å². The molecule has 3 unspecified atom stereocenters. The third-order valence-electron chi connectivity index (χ3n) is 15.8. The fourth-order valence-electron chi connectivity index (χ4n) is 8.85. The first-order valence-electron chi connectivity index (χ1n) is 21.9. The zero-order valence-electron chi connectivity index (χ0n) is 39.0. The molecule has 0 amide bonds. The molecule has 3 aliphatic carbocycles. The van der Waals surface area contributed by atoms with Gasteiger partial charge < -0.3 is 18.4 Å². The van der Waals surface area contributed by atoms with Gasteiger partial charge in [0.2, 0.25) is 0 Å². The summed E-state index contributed by atoms with van der Waals surface area (Å²) in [7, 11) is -6.08. The lowest BCUT2D eigenvalue weighted by Crippen LogP contribution is -2.55. The third kappa shape index (κ3) is 10.9. The lowest BCUT2D eigenvalue weighted by atomic mass is 9.61. The van der Waals surface area contributed by atoms with Crippen molar-refractivity contribution in [2.75, 3.05) is 0 Å². The van der Waals surface area contributed by atoms with E-state index in [1.54, 1.807) is 5.57 Å². The lowest BCUT2D eigenvalue weighted by molar-refractivity contribution is -0.0604. The summed E-state index contributed by atoms with van der Waals surface area (Å²) in [5.41, 5.74) is 3.15. The fraction of sp³-hybridized carbons (Fsp3) is 0.830. The topological polar surface area (TPSA) is 47.9 Å². The van der Waals surface area contributed by atoms with E-state index < -0.39 is 31.1 Å². The molecule has 0 spiro atoms. The second-order valence-electron chi connectivity index (χ2n) is 22.6. The number of rotatable bonds is 13. The van der Waals surface area contributed by atoms with Crippen molar-refractivity contribution in [3.8, 4) is 0 Å². The Labute approximate surface area is 338 Å². The molecule has 3 aliphatic rings. The molecule has 3 fully saturated rings. The molecule has 0 heterocycles. The van der Waals surface area contributed by atoms with Crippen LogP contribution in [0.4, 0.5) is 0 Å². The van der Waals surface area contributed by atoms with Gasteiger partial charge in [0.15, 0.2) is 25.0 Å². The first-order valence-corrected chi connectivity index (χ1v) is 30.7. The molecule has 7 heteroatoms. The molecule has 1 N–H and O–H groups in total. The number of hydrogen-bond acceptors (Lipinski definition) is 4. The van der Waals surface area contributed by atoms with Crippen LogP contribution < -0.4 is 0 Å². The summed E-state index contributed by atoms with van der Waals surface area (Å²) in [6.07, 6.45) is 23.2. The van der Waals surface area contributed by atoms with Crippen LogP contribution in [0, 0.1) is 23.2 Å². The maximum atomic E-state index is 11.8. The zero-order valence-corrected chi connectivity index (χ0v) is 42.0. The summed E-state index contributed by atoms with van der Waals surface area (Å²) < 4.78 is 21.0. The largest absolute Gasteiger partial charge is 0.411 e. The molecule has 6 atom stereocenters. The SMILES string of the molecule is CCC(/C=C/C=C/[C@@H](C)C1CCC2/C(=C/C=C3C[C@@H](O[Si](C)(C)C(C)(C)C)C(O)[C@H](O[Si](C)(C)C(C)(C)C)C3)CCCC21C)(CC)O[Si](C)(C)C(C)(C)C. The average Bonchev–Trinajstić information content (AvgIpc) is 3.39. The average molecular weight is 801 g/mol. The molecule has 0 saturated heterocycles. The second kappa shape index (κ2) is 17.4. The van der Waals surface area contributed by atoms with Crippen LogP contribution in [0.2, 0.25) is 54.4 Å². The summed E-state index contributed by atoms with van der Waals surface area (Å²) in [6.45, 7) is 44.3. The number of hydrogen-bond donors (Lipinski definition) is 1. The van der Waals surface area contributed by atoms with Gasteiger partial charge in [0.25, 0.3) is 0 Å². The number of aliphatic hydroxyl groups excluding tert-OH is 1. The third-order valence-corrected chi connectivity index (χ3v) is 29.3. The first kappa shape index (κ1) is 47.8. The summed E-state index contributed by atoms with van der Waals surface area (Å²) in [5.74, 6) is 1.85. The van der Waals surface area contributed by atoms with Crippen molar-refractivity contribution in [2.24, 2.45) is 23.2 Å². The highest BCUT2D eigenvalue weighted by Crippen LogP contribution is 2.59. The van der Waals surface area contributed by atoms with E-state index >= 15 is 0 Å². The minimum atomic E-state index is -2.09.